The third-order valence-corrected chi connectivity index (χ3v) is 11.3. The first kappa shape index (κ1) is 28.3. The Labute approximate surface area is 296 Å². The first-order valence-corrected chi connectivity index (χ1v) is 17.9. The molecule has 5 heteroatoms. The van der Waals surface area contributed by atoms with Crippen molar-refractivity contribution in [2.24, 2.45) is 0 Å². The van der Waals surface area contributed by atoms with Crippen molar-refractivity contribution >= 4 is 75.4 Å². The number of thiophene rings is 1. The highest BCUT2D eigenvalue weighted by molar-refractivity contribution is 7.26. The summed E-state index contributed by atoms with van der Waals surface area (Å²) in [5, 5.41) is 6.97. The summed E-state index contributed by atoms with van der Waals surface area (Å²) in [5.74, 6) is 0.621. The zero-order chi connectivity index (χ0) is 33.5. The minimum Gasteiger partial charge on any atom is -0.438 e. The SMILES string of the molecule is c1cc(-c2cccc3c2sc2ccccc23)cc(-c2nc(-c3cccc(-n4c5ccccc5c5ccccc54)c3)nc3oc4ccccc4c23)c1. The van der Waals surface area contributed by atoms with Gasteiger partial charge in [0.15, 0.2) is 5.82 Å². The van der Waals surface area contributed by atoms with Crippen molar-refractivity contribution in [3.8, 4) is 39.5 Å². The standard InChI is InChI=1S/C46H27N3OS/c1-5-22-38-33(16-1)34-17-2-6-23-39(34)49(38)31-15-10-14-30(27-31)45-47-43(42-37-19-3-7-24-40(37)50-46(42)48-45)29-13-9-12-28(26-29)32-20-11-21-36-35-18-4-8-25-41(35)51-44(32)36/h1-27H. The van der Waals surface area contributed by atoms with E-state index >= 15 is 0 Å². The maximum atomic E-state index is 6.45. The maximum absolute atomic E-state index is 6.45. The summed E-state index contributed by atoms with van der Waals surface area (Å²) in [7, 11) is 0. The molecule has 4 nitrogen and oxygen atoms in total. The number of para-hydroxylation sites is 3. The molecule has 0 amide bonds. The van der Waals surface area contributed by atoms with Crippen LogP contribution in [0.2, 0.25) is 0 Å². The van der Waals surface area contributed by atoms with E-state index in [9.17, 15) is 0 Å². The Hall–Kier alpha value is -6.56. The Morgan fingerprint density at radius 1 is 0.490 bits per heavy atom. The van der Waals surface area contributed by atoms with Gasteiger partial charge < -0.3 is 8.98 Å². The van der Waals surface area contributed by atoms with Crippen LogP contribution in [0.1, 0.15) is 0 Å². The number of fused-ring (bicyclic) bond motifs is 9. The van der Waals surface area contributed by atoms with Crippen molar-refractivity contribution in [2.75, 3.05) is 0 Å². The zero-order valence-electron chi connectivity index (χ0n) is 27.2. The summed E-state index contributed by atoms with van der Waals surface area (Å²) in [5.41, 5.74) is 9.92. The first-order chi connectivity index (χ1) is 25.3. The lowest BCUT2D eigenvalue weighted by molar-refractivity contribution is 0.653. The van der Waals surface area contributed by atoms with Crippen molar-refractivity contribution in [2.45, 2.75) is 0 Å². The summed E-state index contributed by atoms with van der Waals surface area (Å²) in [6.45, 7) is 0. The monoisotopic (exact) mass is 669 g/mol. The summed E-state index contributed by atoms with van der Waals surface area (Å²) in [6, 6.07) is 57.8. The van der Waals surface area contributed by atoms with E-state index in [1.54, 1.807) is 0 Å². The molecule has 0 unspecified atom stereocenters. The lowest BCUT2D eigenvalue weighted by Crippen LogP contribution is -1.97. The molecule has 238 valence electrons. The molecule has 4 aromatic heterocycles. The lowest BCUT2D eigenvalue weighted by atomic mass is 9.98. The Kier molecular flexibility index (Phi) is 6.09. The van der Waals surface area contributed by atoms with Crippen molar-refractivity contribution in [1.29, 1.82) is 0 Å². The molecule has 7 aromatic carbocycles. The highest BCUT2D eigenvalue weighted by Gasteiger charge is 2.20. The van der Waals surface area contributed by atoms with Crippen LogP contribution in [0.5, 0.6) is 0 Å². The number of benzene rings is 7. The van der Waals surface area contributed by atoms with Crippen LogP contribution >= 0.6 is 11.3 Å². The minimum atomic E-state index is 0.579. The predicted octanol–water partition coefficient (Wildman–Crippen LogP) is 12.8. The van der Waals surface area contributed by atoms with Gasteiger partial charge >= 0.3 is 0 Å². The molecule has 0 aliphatic carbocycles. The molecule has 0 atom stereocenters. The molecular weight excluding hydrogens is 643 g/mol. The molecule has 0 saturated heterocycles. The van der Waals surface area contributed by atoms with Gasteiger partial charge in [-0.15, -0.1) is 11.3 Å². The average molecular weight is 670 g/mol. The molecule has 0 aliphatic heterocycles. The molecule has 51 heavy (non-hydrogen) atoms. The van der Waals surface area contributed by atoms with Crippen molar-refractivity contribution < 1.29 is 4.42 Å². The minimum absolute atomic E-state index is 0.579. The third-order valence-electron chi connectivity index (χ3n) is 10.0. The van der Waals surface area contributed by atoms with Gasteiger partial charge in [-0.3, -0.25) is 0 Å². The molecule has 0 aliphatic rings. The molecular formula is C46H27N3OS. The fourth-order valence-electron chi connectivity index (χ4n) is 7.75. The number of hydrogen-bond donors (Lipinski definition) is 0. The van der Waals surface area contributed by atoms with Crippen LogP contribution in [0.4, 0.5) is 0 Å². The number of hydrogen-bond acceptors (Lipinski definition) is 4. The van der Waals surface area contributed by atoms with Gasteiger partial charge in [0, 0.05) is 53.1 Å². The molecule has 0 radical (unpaired) electrons. The second-order valence-electron chi connectivity index (χ2n) is 13.0. The van der Waals surface area contributed by atoms with E-state index in [4.69, 9.17) is 14.4 Å². The van der Waals surface area contributed by atoms with E-state index in [1.807, 2.05) is 29.5 Å². The molecule has 0 N–H and O–H groups in total. The second kappa shape index (κ2) is 11.0. The highest BCUT2D eigenvalue weighted by Crippen LogP contribution is 2.42. The van der Waals surface area contributed by atoms with Crippen molar-refractivity contribution in [1.82, 2.24) is 14.5 Å². The smallest absolute Gasteiger partial charge is 0.231 e. The molecule has 0 spiro atoms. The average Bonchev–Trinajstić information content (AvgIpc) is 3.87. The third kappa shape index (κ3) is 4.32. The molecule has 0 bridgehead atoms. The van der Waals surface area contributed by atoms with Crippen molar-refractivity contribution in [3.63, 3.8) is 0 Å². The van der Waals surface area contributed by atoms with Gasteiger partial charge in [-0.05, 0) is 53.6 Å². The van der Waals surface area contributed by atoms with Crippen LogP contribution in [0.3, 0.4) is 0 Å². The number of aromatic nitrogens is 3. The zero-order valence-corrected chi connectivity index (χ0v) is 28.1. The fraction of sp³-hybridized carbons (Fsp3) is 0. The van der Waals surface area contributed by atoms with E-state index in [-0.39, 0.29) is 0 Å². The molecule has 11 aromatic rings. The van der Waals surface area contributed by atoms with Crippen LogP contribution in [0, 0.1) is 0 Å². The van der Waals surface area contributed by atoms with Crippen LogP contribution in [-0.2, 0) is 0 Å². The Balaban J connectivity index is 1.12. The first-order valence-electron chi connectivity index (χ1n) is 17.1. The number of furan rings is 1. The largest absolute Gasteiger partial charge is 0.438 e. The lowest BCUT2D eigenvalue weighted by Gasteiger charge is -2.11. The Morgan fingerprint density at radius 2 is 1.14 bits per heavy atom. The van der Waals surface area contributed by atoms with Crippen LogP contribution < -0.4 is 0 Å². The van der Waals surface area contributed by atoms with E-state index in [0.29, 0.717) is 11.5 Å². The van der Waals surface area contributed by atoms with Crippen LogP contribution in [0.15, 0.2) is 168 Å². The van der Waals surface area contributed by atoms with Gasteiger partial charge in [0.25, 0.3) is 0 Å². The van der Waals surface area contributed by atoms with E-state index in [1.165, 1.54) is 36.5 Å². The normalized spacial score (nSPS) is 11.9. The van der Waals surface area contributed by atoms with E-state index in [2.05, 4.69) is 150 Å². The van der Waals surface area contributed by atoms with Gasteiger partial charge in [-0.2, -0.15) is 4.98 Å². The maximum Gasteiger partial charge on any atom is 0.231 e. The van der Waals surface area contributed by atoms with Gasteiger partial charge in [-0.1, -0.05) is 121 Å². The number of nitrogens with zero attached hydrogens (tertiary/aromatic N) is 3. The topological polar surface area (TPSA) is 43.9 Å². The Bertz CT molecular complexity index is 3110. The molecule has 4 heterocycles. The number of rotatable bonds is 4. The highest BCUT2D eigenvalue weighted by atomic mass is 32.1. The fourth-order valence-corrected chi connectivity index (χ4v) is 8.99. The summed E-state index contributed by atoms with van der Waals surface area (Å²) < 4.78 is 11.4. The van der Waals surface area contributed by atoms with Crippen LogP contribution in [0.25, 0.3) is 104 Å². The van der Waals surface area contributed by atoms with Crippen LogP contribution in [-0.4, -0.2) is 14.5 Å². The Morgan fingerprint density at radius 3 is 1.98 bits per heavy atom. The molecule has 11 rings (SSSR count). The van der Waals surface area contributed by atoms with Crippen molar-refractivity contribution in [3.05, 3.63) is 164 Å². The van der Waals surface area contributed by atoms with Gasteiger partial charge in [0.05, 0.1) is 22.1 Å². The van der Waals surface area contributed by atoms with Gasteiger partial charge in [0.1, 0.15) is 5.58 Å². The van der Waals surface area contributed by atoms with E-state index in [0.717, 1.165) is 55.5 Å². The second-order valence-corrected chi connectivity index (χ2v) is 14.0. The molecule has 0 fully saturated rings. The summed E-state index contributed by atoms with van der Waals surface area (Å²) in [6.07, 6.45) is 0. The van der Waals surface area contributed by atoms with Gasteiger partial charge in [0.2, 0.25) is 5.71 Å². The van der Waals surface area contributed by atoms with Gasteiger partial charge in [-0.25, -0.2) is 4.98 Å². The molecule has 0 saturated carbocycles. The quantitative estimate of drug-likeness (QED) is 0.187. The van der Waals surface area contributed by atoms with E-state index < -0.39 is 0 Å². The predicted molar refractivity (Wildman–Crippen MR) is 213 cm³/mol. The summed E-state index contributed by atoms with van der Waals surface area (Å²) >= 11 is 1.85. The summed E-state index contributed by atoms with van der Waals surface area (Å²) in [4.78, 5) is 10.4.